The molecule has 0 spiro atoms. The van der Waals surface area contributed by atoms with Crippen molar-refractivity contribution in [1.82, 2.24) is 15.1 Å². The summed E-state index contributed by atoms with van der Waals surface area (Å²) in [5.41, 5.74) is 2.51. The molecule has 0 radical (unpaired) electrons. The van der Waals surface area contributed by atoms with Gasteiger partial charge in [0.2, 0.25) is 11.7 Å². The van der Waals surface area contributed by atoms with Crippen molar-refractivity contribution in [1.29, 1.82) is 0 Å². The summed E-state index contributed by atoms with van der Waals surface area (Å²) in [4.78, 5) is 12.2. The minimum Gasteiger partial charge on any atom is -0.493 e. The second-order valence-corrected chi connectivity index (χ2v) is 6.72. The summed E-state index contributed by atoms with van der Waals surface area (Å²) in [6.45, 7) is 0.353. The Morgan fingerprint density at radius 2 is 1.77 bits per heavy atom. The number of ether oxygens (including phenoxy) is 3. The molecule has 0 bridgehead atoms. The molecule has 1 heterocycles. The predicted molar refractivity (Wildman–Crippen MR) is 116 cm³/mol. The zero-order chi connectivity index (χ0) is 21.5. The normalized spacial score (nSPS) is 10.8. The van der Waals surface area contributed by atoms with Gasteiger partial charge in [-0.3, -0.25) is 4.79 Å². The van der Waals surface area contributed by atoms with Crippen molar-refractivity contribution in [3.05, 3.63) is 71.0 Å². The highest BCUT2D eigenvalue weighted by Gasteiger charge is 2.12. The second-order valence-electron chi connectivity index (χ2n) is 6.28. The third kappa shape index (κ3) is 5.12. The Kier molecular flexibility index (Phi) is 6.98. The van der Waals surface area contributed by atoms with E-state index in [4.69, 9.17) is 25.8 Å². The van der Waals surface area contributed by atoms with E-state index in [2.05, 4.69) is 10.4 Å². The van der Waals surface area contributed by atoms with E-state index in [0.717, 1.165) is 16.8 Å². The Balaban J connectivity index is 1.62. The summed E-state index contributed by atoms with van der Waals surface area (Å²) in [5.74, 6) is 1.31. The number of aromatic nitrogens is 2. The van der Waals surface area contributed by atoms with Crippen molar-refractivity contribution in [3.63, 3.8) is 0 Å². The first-order valence-corrected chi connectivity index (χ1v) is 9.47. The van der Waals surface area contributed by atoms with Gasteiger partial charge >= 0.3 is 0 Å². The highest BCUT2D eigenvalue weighted by molar-refractivity contribution is 6.30. The molecule has 0 aliphatic rings. The zero-order valence-corrected chi connectivity index (χ0v) is 17.6. The molecule has 3 rings (SSSR count). The Labute approximate surface area is 179 Å². The van der Waals surface area contributed by atoms with Crippen LogP contribution in [0.3, 0.4) is 0 Å². The van der Waals surface area contributed by atoms with Crippen LogP contribution in [0.25, 0.3) is 11.8 Å². The predicted octanol–water partition coefficient (Wildman–Crippen LogP) is 3.88. The van der Waals surface area contributed by atoms with Crippen LogP contribution < -0.4 is 19.5 Å². The summed E-state index contributed by atoms with van der Waals surface area (Å²) in [6, 6.07) is 10.9. The van der Waals surface area contributed by atoms with E-state index in [1.807, 2.05) is 18.3 Å². The number of carbonyl (C=O) groups is 1. The molecule has 1 amide bonds. The minimum atomic E-state index is -0.233. The molecule has 0 aliphatic heterocycles. The Morgan fingerprint density at radius 1 is 1.10 bits per heavy atom. The maximum absolute atomic E-state index is 12.2. The molecule has 30 heavy (non-hydrogen) atoms. The maximum Gasteiger partial charge on any atom is 0.244 e. The summed E-state index contributed by atoms with van der Waals surface area (Å²) in [7, 11) is 4.63. The third-order valence-electron chi connectivity index (χ3n) is 4.31. The van der Waals surface area contributed by atoms with E-state index in [1.54, 1.807) is 62.5 Å². The van der Waals surface area contributed by atoms with Gasteiger partial charge in [0.1, 0.15) is 0 Å². The summed E-state index contributed by atoms with van der Waals surface area (Å²) in [5, 5.41) is 7.81. The number of benzene rings is 2. The van der Waals surface area contributed by atoms with Gasteiger partial charge in [-0.15, -0.1) is 0 Å². The molecule has 0 saturated heterocycles. The lowest BCUT2D eigenvalue weighted by atomic mass is 10.1. The molecule has 1 N–H and O–H groups in total. The molecule has 156 valence electrons. The molecule has 7 nitrogen and oxygen atoms in total. The van der Waals surface area contributed by atoms with Crippen LogP contribution in [0.15, 0.2) is 54.9 Å². The van der Waals surface area contributed by atoms with Crippen molar-refractivity contribution in [2.24, 2.45) is 0 Å². The average molecular weight is 428 g/mol. The lowest BCUT2D eigenvalue weighted by Crippen LogP contribution is -2.19. The largest absolute Gasteiger partial charge is 0.493 e. The monoisotopic (exact) mass is 427 g/mol. The number of rotatable bonds is 8. The molecular weight excluding hydrogens is 406 g/mol. The van der Waals surface area contributed by atoms with Crippen molar-refractivity contribution >= 4 is 23.6 Å². The number of nitrogens with zero attached hydrogens (tertiary/aromatic N) is 2. The van der Waals surface area contributed by atoms with Crippen molar-refractivity contribution in [3.8, 4) is 22.9 Å². The van der Waals surface area contributed by atoms with Gasteiger partial charge in [0, 0.05) is 29.4 Å². The van der Waals surface area contributed by atoms with Crippen molar-refractivity contribution in [2.75, 3.05) is 21.3 Å². The van der Waals surface area contributed by atoms with E-state index in [1.165, 1.54) is 6.08 Å². The van der Waals surface area contributed by atoms with Gasteiger partial charge in [-0.05, 0) is 48.0 Å². The molecule has 1 aromatic heterocycles. The molecule has 0 fully saturated rings. The molecule has 2 aromatic carbocycles. The van der Waals surface area contributed by atoms with Crippen LogP contribution in [-0.2, 0) is 11.3 Å². The van der Waals surface area contributed by atoms with Crippen LogP contribution in [0.5, 0.6) is 17.2 Å². The summed E-state index contributed by atoms with van der Waals surface area (Å²) in [6.07, 6.45) is 6.69. The van der Waals surface area contributed by atoms with E-state index in [9.17, 15) is 4.79 Å². The van der Waals surface area contributed by atoms with Gasteiger partial charge in [0.25, 0.3) is 0 Å². The highest BCUT2D eigenvalue weighted by atomic mass is 35.5. The summed E-state index contributed by atoms with van der Waals surface area (Å²) >= 11 is 5.91. The highest BCUT2D eigenvalue weighted by Crippen LogP contribution is 2.38. The third-order valence-corrected chi connectivity index (χ3v) is 4.56. The molecule has 8 heteroatoms. The number of methoxy groups -OCH3 is 3. The lowest BCUT2D eigenvalue weighted by molar-refractivity contribution is -0.116. The van der Waals surface area contributed by atoms with Gasteiger partial charge in [-0.1, -0.05) is 11.6 Å². The fraction of sp³-hybridized carbons (Fsp3) is 0.182. The topological polar surface area (TPSA) is 74.6 Å². The van der Waals surface area contributed by atoms with Gasteiger partial charge in [-0.25, -0.2) is 4.68 Å². The zero-order valence-electron chi connectivity index (χ0n) is 16.9. The van der Waals surface area contributed by atoms with Crippen molar-refractivity contribution < 1.29 is 19.0 Å². The van der Waals surface area contributed by atoms with Gasteiger partial charge < -0.3 is 19.5 Å². The first kappa shape index (κ1) is 21.3. The van der Waals surface area contributed by atoms with E-state index in [0.29, 0.717) is 28.8 Å². The fourth-order valence-electron chi connectivity index (χ4n) is 2.80. The van der Waals surface area contributed by atoms with Crippen LogP contribution in [0, 0.1) is 0 Å². The van der Waals surface area contributed by atoms with E-state index >= 15 is 0 Å². The Hall–Kier alpha value is -3.45. The standard InChI is InChI=1S/C22H22ClN3O4/c1-28-19-10-15(11-20(29-2)22(19)30-3)4-9-21(27)24-12-16-13-25-26(14-16)18-7-5-17(23)6-8-18/h4-11,13-14H,12H2,1-3H3,(H,24,27)/b9-4+. The van der Waals surface area contributed by atoms with E-state index < -0.39 is 0 Å². The lowest BCUT2D eigenvalue weighted by Gasteiger charge is -2.12. The quantitative estimate of drug-likeness (QED) is 0.552. The number of amides is 1. The molecule has 0 atom stereocenters. The SMILES string of the molecule is COc1cc(/C=C/C(=O)NCc2cnn(-c3ccc(Cl)cc3)c2)cc(OC)c1OC. The van der Waals surface area contributed by atoms with Crippen LogP contribution in [-0.4, -0.2) is 37.0 Å². The summed E-state index contributed by atoms with van der Waals surface area (Å²) < 4.78 is 17.7. The first-order valence-electron chi connectivity index (χ1n) is 9.09. The number of nitrogens with one attached hydrogen (secondary N) is 1. The van der Waals surface area contributed by atoms with Crippen LogP contribution >= 0.6 is 11.6 Å². The number of hydrogen-bond acceptors (Lipinski definition) is 5. The number of halogens is 1. The smallest absolute Gasteiger partial charge is 0.244 e. The number of hydrogen-bond donors (Lipinski definition) is 1. The fourth-order valence-corrected chi connectivity index (χ4v) is 2.93. The molecule has 3 aromatic rings. The van der Waals surface area contributed by atoms with E-state index in [-0.39, 0.29) is 5.91 Å². The van der Waals surface area contributed by atoms with Crippen LogP contribution in [0.4, 0.5) is 0 Å². The van der Waals surface area contributed by atoms with Gasteiger partial charge in [-0.2, -0.15) is 5.10 Å². The van der Waals surface area contributed by atoms with Crippen LogP contribution in [0.2, 0.25) is 5.02 Å². The molecule has 0 saturated carbocycles. The second kappa shape index (κ2) is 9.84. The molecule has 0 aliphatic carbocycles. The van der Waals surface area contributed by atoms with Crippen LogP contribution in [0.1, 0.15) is 11.1 Å². The number of carbonyl (C=O) groups excluding carboxylic acids is 1. The Bertz CT molecular complexity index is 1020. The van der Waals surface area contributed by atoms with Crippen molar-refractivity contribution in [2.45, 2.75) is 6.54 Å². The first-order chi connectivity index (χ1) is 14.5. The van der Waals surface area contributed by atoms with Gasteiger partial charge in [0.05, 0.1) is 33.2 Å². The molecular formula is C22H22ClN3O4. The average Bonchev–Trinajstić information content (AvgIpc) is 3.24. The van der Waals surface area contributed by atoms with Gasteiger partial charge in [0.15, 0.2) is 11.5 Å². The Morgan fingerprint density at radius 3 is 2.37 bits per heavy atom. The maximum atomic E-state index is 12.2. The molecule has 0 unspecified atom stereocenters. The minimum absolute atomic E-state index is 0.233.